The number of amides is 1. The van der Waals surface area contributed by atoms with E-state index in [1.54, 1.807) is 36.7 Å². The van der Waals surface area contributed by atoms with Crippen molar-refractivity contribution < 1.29 is 13.2 Å². The molecule has 0 unspecified atom stereocenters. The van der Waals surface area contributed by atoms with Gasteiger partial charge in [0.25, 0.3) is 5.91 Å². The lowest BCUT2D eigenvalue weighted by molar-refractivity contribution is 0.0691. The molecule has 1 amide bonds. The molecule has 1 fully saturated rings. The molecule has 1 saturated heterocycles. The summed E-state index contributed by atoms with van der Waals surface area (Å²) in [4.78, 5) is 18.6. The smallest absolute Gasteiger partial charge is 0.255 e. The molecule has 0 spiro atoms. The standard InChI is InChI=1S/C21H27N3O3S/c1-2-4-17-6-8-20(9-7-17)28(26,27)23-15-18-10-13-24(14-11-18)21(25)19-5-3-12-22-16-19/h3,5-9,12,16,18,23H,2,4,10-11,13-15H2,1H3. The number of aromatic nitrogens is 1. The van der Waals surface area contributed by atoms with Crippen LogP contribution >= 0.6 is 0 Å². The van der Waals surface area contributed by atoms with E-state index in [1.165, 1.54) is 0 Å². The first-order valence-corrected chi connectivity index (χ1v) is 11.3. The minimum atomic E-state index is -3.50. The molecular weight excluding hydrogens is 374 g/mol. The highest BCUT2D eigenvalue weighted by Crippen LogP contribution is 2.19. The molecule has 0 atom stereocenters. The van der Waals surface area contributed by atoms with Crippen LogP contribution in [0, 0.1) is 5.92 Å². The van der Waals surface area contributed by atoms with Crippen LogP contribution in [0.5, 0.6) is 0 Å². The van der Waals surface area contributed by atoms with Crippen LogP contribution < -0.4 is 4.72 Å². The monoisotopic (exact) mass is 401 g/mol. The molecule has 6 nitrogen and oxygen atoms in total. The summed E-state index contributed by atoms with van der Waals surface area (Å²) in [7, 11) is -3.50. The second-order valence-electron chi connectivity index (χ2n) is 7.22. The van der Waals surface area contributed by atoms with E-state index in [2.05, 4.69) is 16.6 Å². The second-order valence-corrected chi connectivity index (χ2v) is 8.99. The highest BCUT2D eigenvalue weighted by atomic mass is 32.2. The number of likely N-dealkylation sites (tertiary alicyclic amines) is 1. The largest absolute Gasteiger partial charge is 0.339 e. The van der Waals surface area contributed by atoms with Gasteiger partial charge in [-0.15, -0.1) is 0 Å². The Morgan fingerprint density at radius 1 is 1.18 bits per heavy atom. The van der Waals surface area contributed by atoms with Gasteiger partial charge >= 0.3 is 0 Å². The molecule has 1 aliphatic rings. The van der Waals surface area contributed by atoms with Crippen molar-refractivity contribution in [2.75, 3.05) is 19.6 Å². The second kappa shape index (κ2) is 9.30. The summed E-state index contributed by atoms with van der Waals surface area (Å²) in [5, 5.41) is 0. The first kappa shape index (κ1) is 20.5. The first-order chi connectivity index (χ1) is 13.5. The Bertz CT molecular complexity index is 875. The minimum Gasteiger partial charge on any atom is -0.339 e. The number of piperidine rings is 1. The Labute approximate surface area is 167 Å². The third kappa shape index (κ3) is 5.17. The number of nitrogens with zero attached hydrogens (tertiary/aromatic N) is 2. The molecule has 1 N–H and O–H groups in total. The normalized spacial score (nSPS) is 15.5. The van der Waals surface area contributed by atoms with Gasteiger partial charge in [0, 0.05) is 32.0 Å². The SMILES string of the molecule is CCCc1ccc(S(=O)(=O)NCC2CCN(C(=O)c3cccnc3)CC2)cc1. The van der Waals surface area contributed by atoms with Gasteiger partial charge in [0.1, 0.15) is 0 Å². The lowest BCUT2D eigenvalue weighted by atomic mass is 9.97. The fourth-order valence-electron chi connectivity index (χ4n) is 3.45. The third-order valence-electron chi connectivity index (χ3n) is 5.14. The van der Waals surface area contributed by atoms with Crippen molar-refractivity contribution in [3.8, 4) is 0 Å². The molecule has 28 heavy (non-hydrogen) atoms. The first-order valence-electron chi connectivity index (χ1n) is 9.77. The van der Waals surface area contributed by atoms with Crippen molar-refractivity contribution >= 4 is 15.9 Å². The summed E-state index contributed by atoms with van der Waals surface area (Å²) in [6.45, 7) is 3.76. The van der Waals surface area contributed by atoms with Crippen LogP contribution in [0.1, 0.15) is 42.1 Å². The predicted octanol–water partition coefficient (Wildman–Crippen LogP) is 2.86. The van der Waals surface area contributed by atoms with Crippen LogP contribution in [0.25, 0.3) is 0 Å². The molecule has 0 aliphatic carbocycles. The number of carbonyl (C=O) groups is 1. The maximum atomic E-state index is 12.5. The number of nitrogens with one attached hydrogen (secondary N) is 1. The van der Waals surface area contributed by atoms with E-state index in [0.717, 1.165) is 31.2 Å². The van der Waals surface area contributed by atoms with Gasteiger partial charge in [-0.3, -0.25) is 9.78 Å². The van der Waals surface area contributed by atoms with Crippen LogP contribution in [-0.4, -0.2) is 43.8 Å². The number of benzene rings is 1. The van der Waals surface area contributed by atoms with E-state index in [9.17, 15) is 13.2 Å². The van der Waals surface area contributed by atoms with E-state index in [4.69, 9.17) is 0 Å². The summed E-state index contributed by atoms with van der Waals surface area (Å²) < 4.78 is 27.8. The van der Waals surface area contributed by atoms with Crippen molar-refractivity contribution in [2.24, 2.45) is 5.92 Å². The molecule has 7 heteroatoms. The zero-order valence-corrected chi connectivity index (χ0v) is 17.0. The van der Waals surface area contributed by atoms with Crippen LogP contribution in [0.15, 0.2) is 53.7 Å². The molecule has 0 saturated carbocycles. The number of rotatable bonds is 7. The highest BCUT2D eigenvalue weighted by Gasteiger charge is 2.25. The number of hydrogen-bond donors (Lipinski definition) is 1. The number of hydrogen-bond acceptors (Lipinski definition) is 4. The van der Waals surface area contributed by atoms with Gasteiger partial charge in [0.05, 0.1) is 10.5 Å². The van der Waals surface area contributed by atoms with E-state index < -0.39 is 10.0 Å². The Hall–Kier alpha value is -2.25. The molecular formula is C21H27N3O3S. The van der Waals surface area contributed by atoms with E-state index in [0.29, 0.717) is 30.1 Å². The Morgan fingerprint density at radius 2 is 1.89 bits per heavy atom. The van der Waals surface area contributed by atoms with Crippen LogP contribution in [-0.2, 0) is 16.4 Å². The van der Waals surface area contributed by atoms with Gasteiger partial charge in [-0.05, 0) is 55.0 Å². The molecule has 1 aliphatic heterocycles. The van der Waals surface area contributed by atoms with Gasteiger partial charge in [-0.2, -0.15) is 0 Å². The van der Waals surface area contributed by atoms with Gasteiger partial charge in [0.2, 0.25) is 10.0 Å². The fourth-order valence-corrected chi connectivity index (χ4v) is 4.56. The summed E-state index contributed by atoms with van der Waals surface area (Å²) in [5.41, 5.74) is 1.74. The molecule has 3 rings (SSSR count). The summed E-state index contributed by atoms with van der Waals surface area (Å²) in [5.74, 6) is 0.214. The summed E-state index contributed by atoms with van der Waals surface area (Å²) in [6, 6.07) is 10.6. The molecule has 0 radical (unpaired) electrons. The Kier molecular flexibility index (Phi) is 6.80. The Morgan fingerprint density at radius 3 is 2.50 bits per heavy atom. The Balaban J connectivity index is 1.50. The molecule has 0 bridgehead atoms. The average Bonchev–Trinajstić information content (AvgIpc) is 2.73. The number of carbonyl (C=O) groups excluding carboxylic acids is 1. The topological polar surface area (TPSA) is 79.4 Å². The van der Waals surface area contributed by atoms with Crippen molar-refractivity contribution in [3.05, 3.63) is 59.9 Å². The quantitative estimate of drug-likeness (QED) is 0.774. The molecule has 1 aromatic carbocycles. The van der Waals surface area contributed by atoms with E-state index in [-0.39, 0.29) is 11.8 Å². The zero-order valence-electron chi connectivity index (χ0n) is 16.2. The molecule has 2 aromatic rings. The number of sulfonamides is 1. The maximum absolute atomic E-state index is 12.5. The minimum absolute atomic E-state index is 0.0145. The van der Waals surface area contributed by atoms with Crippen LogP contribution in [0.3, 0.4) is 0 Å². The van der Waals surface area contributed by atoms with Crippen molar-refractivity contribution in [2.45, 2.75) is 37.5 Å². The van der Waals surface area contributed by atoms with Crippen molar-refractivity contribution in [1.29, 1.82) is 0 Å². The molecule has 1 aromatic heterocycles. The number of pyridine rings is 1. The lowest BCUT2D eigenvalue weighted by Gasteiger charge is -2.32. The third-order valence-corrected chi connectivity index (χ3v) is 6.58. The fraction of sp³-hybridized carbons (Fsp3) is 0.429. The summed E-state index contributed by atoms with van der Waals surface area (Å²) >= 11 is 0. The highest BCUT2D eigenvalue weighted by molar-refractivity contribution is 7.89. The maximum Gasteiger partial charge on any atom is 0.255 e. The van der Waals surface area contributed by atoms with Crippen LogP contribution in [0.2, 0.25) is 0 Å². The van der Waals surface area contributed by atoms with E-state index >= 15 is 0 Å². The summed E-state index contributed by atoms with van der Waals surface area (Å²) in [6.07, 6.45) is 6.77. The van der Waals surface area contributed by atoms with Gasteiger partial charge in [-0.25, -0.2) is 13.1 Å². The zero-order chi connectivity index (χ0) is 20.0. The van der Waals surface area contributed by atoms with Crippen molar-refractivity contribution in [1.82, 2.24) is 14.6 Å². The molecule has 2 heterocycles. The van der Waals surface area contributed by atoms with Crippen molar-refractivity contribution in [3.63, 3.8) is 0 Å². The van der Waals surface area contributed by atoms with Gasteiger partial charge in [0.15, 0.2) is 0 Å². The van der Waals surface area contributed by atoms with Crippen LogP contribution in [0.4, 0.5) is 0 Å². The van der Waals surface area contributed by atoms with E-state index in [1.807, 2.05) is 17.0 Å². The average molecular weight is 402 g/mol. The van der Waals surface area contributed by atoms with Gasteiger partial charge in [-0.1, -0.05) is 25.5 Å². The number of aryl methyl sites for hydroxylation is 1. The molecule has 150 valence electrons. The van der Waals surface area contributed by atoms with Gasteiger partial charge < -0.3 is 4.90 Å². The predicted molar refractivity (Wildman–Crippen MR) is 108 cm³/mol. The lowest BCUT2D eigenvalue weighted by Crippen LogP contribution is -2.41.